The van der Waals surface area contributed by atoms with Crippen LogP contribution in [0.2, 0.25) is 0 Å². The molecule has 3 radical (unpaired) electrons. The van der Waals surface area contributed by atoms with Crippen LogP contribution in [0.5, 0.6) is 0 Å². The molecule has 0 bridgehead atoms. The Morgan fingerprint density at radius 3 is 1.39 bits per heavy atom. The molecule has 7 aromatic rings. The summed E-state index contributed by atoms with van der Waals surface area (Å²) in [5.74, 6) is 3.42. The molecule has 4 aromatic carbocycles. The molecule has 7 rings (SSSR count). The largest absolute Gasteiger partial charge is 0.347 e. The summed E-state index contributed by atoms with van der Waals surface area (Å²) in [6.45, 7) is 15.3. The van der Waals surface area contributed by atoms with E-state index < -0.39 is 0 Å². The first-order valence-electron chi connectivity index (χ1n) is 20.1. The summed E-state index contributed by atoms with van der Waals surface area (Å²) >= 11 is 0. The second-order valence-electron chi connectivity index (χ2n) is 15.6. The van der Waals surface area contributed by atoms with Crippen LogP contribution >= 0.6 is 0 Å². The van der Waals surface area contributed by atoms with Gasteiger partial charge in [0.2, 0.25) is 0 Å². The summed E-state index contributed by atoms with van der Waals surface area (Å²) < 4.78 is 6.32. The average Bonchev–Trinajstić information content (AvgIpc) is 3.88. The Hall–Kier alpha value is -3.54. The number of imidazole rings is 3. The topological polar surface area (TPSA) is 53.5 Å². The van der Waals surface area contributed by atoms with Crippen molar-refractivity contribution < 1.29 is 60.3 Å². The second kappa shape index (κ2) is 24.6. The third-order valence-electron chi connectivity index (χ3n) is 9.73. The molecule has 3 aromatic heterocycles. The number of hydrogen-bond donors (Lipinski definition) is 0. The second-order valence-corrected chi connectivity index (χ2v) is 15.6. The molecule has 0 aliphatic rings. The van der Waals surface area contributed by atoms with Crippen molar-refractivity contribution in [2.24, 2.45) is 21.1 Å². The van der Waals surface area contributed by atoms with Crippen molar-refractivity contribution in [1.82, 2.24) is 28.7 Å². The van der Waals surface area contributed by atoms with Crippen molar-refractivity contribution in [3.8, 4) is 44.9 Å². The predicted octanol–water partition coefficient (Wildman–Crippen LogP) is 11.8. The molecular formula is C50H59Ir3N6-3. The van der Waals surface area contributed by atoms with Gasteiger partial charge in [-0.1, -0.05) is 83.9 Å². The third-order valence-corrected chi connectivity index (χ3v) is 9.73. The first-order valence-corrected chi connectivity index (χ1v) is 20.1. The quantitative estimate of drug-likeness (QED) is 0.128. The van der Waals surface area contributed by atoms with Gasteiger partial charge in [-0.15, -0.1) is 101 Å². The maximum atomic E-state index is 4.74. The molecule has 0 aliphatic carbocycles. The van der Waals surface area contributed by atoms with Gasteiger partial charge < -0.3 is 13.7 Å². The van der Waals surface area contributed by atoms with E-state index in [1.54, 1.807) is 0 Å². The van der Waals surface area contributed by atoms with Crippen LogP contribution in [0.15, 0.2) is 104 Å². The standard InChI is InChI=1S/C23H27N2.C14H17N2.C13H15N2.3Ir/c1-6-7-22-24-21(16-25(22)5)19-10-8-17(9-11-19)18-12-14-20(15-13-18)23(2,3)4;1-4-6-14-15-13(10-16(14)3)12-8-5-7-11(2)9-12;1-3-7-13-14-12(10-15(13)2)11-8-5-4-6-9-11;;;/h8-10,12-16H,6-7H2,1-5H3;5,7,9-10H,4,6H2,1-3H3;4-6,8,10H,3,7H2,1-2H3;;;/q3*-1;;;. The van der Waals surface area contributed by atoms with Crippen molar-refractivity contribution in [2.45, 2.75) is 92.4 Å². The van der Waals surface area contributed by atoms with E-state index in [9.17, 15) is 0 Å². The fourth-order valence-corrected chi connectivity index (χ4v) is 6.48. The van der Waals surface area contributed by atoms with E-state index in [0.717, 1.165) is 89.8 Å². The Balaban J connectivity index is 0.000000311. The molecule has 0 N–H and O–H groups in total. The molecule has 9 heteroatoms. The normalized spacial score (nSPS) is 10.5. The van der Waals surface area contributed by atoms with Crippen molar-refractivity contribution in [2.75, 3.05) is 0 Å². The van der Waals surface area contributed by atoms with Gasteiger partial charge in [0.15, 0.2) is 0 Å². The van der Waals surface area contributed by atoms with Gasteiger partial charge in [0, 0.05) is 118 Å². The number of aryl methyl sites for hydroxylation is 7. The van der Waals surface area contributed by atoms with Gasteiger partial charge in [-0.3, -0.25) is 15.0 Å². The van der Waals surface area contributed by atoms with Crippen molar-refractivity contribution >= 4 is 0 Å². The maximum absolute atomic E-state index is 4.74. The average molecular weight is 1320 g/mol. The van der Waals surface area contributed by atoms with E-state index in [-0.39, 0.29) is 65.7 Å². The van der Waals surface area contributed by atoms with Gasteiger partial charge in [0.25, 0.3) is 0 Å². The van der Waals surface area contributed by atoms with E-state index >= 15 is 0 Å². The predicted molar refractivity (Wildman–Crippen MR) is 233 cm³/mol. The summed E-state index contributed by atoms with van der Waals surface area (Å²) in [4.78, 5) is 14.0. The van der Waals surface area contributed by atoms with Gasteiger partial charge in [-0.25, -0.2) is 0 Å². The molecule has 0 aliphatic heterocycles. The third kappa shape index (κ3) is 14.6. The number of aromatic nitrogens is 6. The molecular weight excluding hydrogens is 1260 g/mol. The van der Waals surface area contributed by atoms with E-state index in [1.807, 2.05) is 37.4 Å². The minimum atomic E-state index is 0. The molecule has 0 fully saturated rings. The minimum Gasteiger partial charge on any atom is -0.347 e. The molecule has 0 saturated heterocycles. The molecule has 0 atom stereocenters. The van der Waals surface area contributed by atoms with Gasteiger partial charge in [-0.05, 0) is 48.8 Å². The summed E-state index contributed by atoms with van der Waals surface area (Å²) in [5, 5.41) is 0. The summed E-state index contributed by atoms with van der Waals surface area (Å²) in [6.07, 6.45) is 12.7. The summed E-state index contributed by atoms with van der Waals surface area (Å²) in [6, 6.07) is 39.1. The SMILES string of the molecule is CCCc1nc(-c2[c-]cc(-c3ccc(C(C)(C)C)cc3)cc2)cn1C.CCCc1nc(-c2[c-]ccc(C)c2)cn1C.CCCc1nc(-c2[c-]cccc2)cn1C.[Ir].[Ir].[Ir]. The first kappa shape index (κ1) is 51.6. The Morgan fingerprint density at radius 1 is 0.525 bits per heavy atom. The fourth-order valence-electron chi connectivity index (χ4n) is 6.48. The van der Waals surface area contributed by atoms with Gasteiger partial charge >= 0.3 is 0 Å². The molecule has 319 valence electrons. The van der Waals surface area contributed by atoms with E-state index in [4.69, 9.17) is 4.98 Å². The van der Waals surface area contributed by atoms with Crippen LogP contribution in [0.4, 0.5) is 0 Å². The van der Waals surface area contributed by atoms with Crippen LogP contribution in [0.1, 0.15) is 89.4 Å². The fraction of sp³-hybridized carbons (Fsp3) is 0.340. The Labute approximate surface area is 394 Å². The number of nitrogens with zero attached hydrogens (tertiary/aromatic N) is 6. The smallest absolute Gasteiger partial charge is 0.0975 e. The van der Waals surface area contributed by atoms with Gasteiger partial charge in [0.1, 0.15) is 0 Å². The van der Waals surface area contributed by atoms with Crippen LogP contribution in [0.25, 0.3) is 44.9 Å². The van der Waals surface area contributed by atoms with Crippen LogP contribution in [-0.2, 0) is 106 Å². The van der Waals surface area contributed by atoms with E-state index in [2.05, 4.69) is 178 Å². The Morgan fingerprint density at radius 2 is 0.983 bits per heavy atom. The van der Waals surface area contributed by atoms with Crippen LogP contribution in [0, 0.1) is 25.1 Å². The molecule has 6 nitrogen and oxygen atoms in total. The molecule has 0 amide bonds. The summed E-state index contributed by atoms with van der Waals surface area (Å²) in [7, 11) is 6.16. The molecule has 0 spiro atoms. The molecule has 0 saturated carbocycles. The maximum Gasteiger partial charge on any atom is 0.0975 e. The first-order chi connectivity index (χ1) is 26.9. The van der Waals surface area contributed by atoms with E-state index in [0.29, 0.717) is 0 Å². The van der Waals surface area contributed by atoms with Crippen molar-refractivity contribution in [3.05, 3.63) is 150 Å². The van der Waals surface area contributed by atoms with E-state index in [1.165, 1.54) is 22.3 Å². The Kier molecular flexibility index (Phi) is 21.6. The zero-order valence-corrected chi connectivity index (χ0v) is 43.4. The zero-order chi connectivity index (χ0) is 40.2. The zero-order valence-electron chi connectivity index (χ0n) is 36.2. The molecule has 0 unspecified atom stereocenters. The summed E-state index contributed by atoms with van der Waals surface area (Å²) in [5.41, 5.74) is 11.4. The van der Waals surface area contributed by atoms with Crippen molar-refractivity contribution in [3.63, 3.8) is 0 Å². The molecule has 59 heavy (non-hydrogen) atoms. The number of hydrogen-bond acceptors (Lipinski definition) is 3. The van der Waals surface area contributed by atoms with Crippen molar-refractivity contribution in [1.29, 1.82) is 0 Å². The van der Waals surface area contributed by atoms with Crippen LogP contribution < -0.4 is 0 Å². The van der Waals surface area contributed by atoms with Gasteiger partial charge in [0.05, 0.1) is 17.5 Å². The van der Waals surface area contributed by atoms with Crippen LogP contribution in [-0.4, -0.2) is 28.7 Å². The number of rotatable bonds is 10. The van der Waals surface area contributed by atoms with Gasteiger partial charge in [-0.2, -0.15) is 0 Å². The monoisotopic (exact) mass is 1320 g/mol. The minimum absolute atomic E-state index is 0. The Bertz CT molecular complexity index is 2260. The van der Waals surface area contributed by atoms with Crippen LogP contribution in [0.3, 0.4) is 0 Å². The number of benzene rings is 4. The molecule has 3 heterocycles.